The lowest BCUT2D eigenvalue weighted by Crippen LogP contribution is -2.60. The smallest absolute Gasteiger partial charge is 0.0670 e. The topological polar surface area (TPSA) is 21.3 Å². The summed E-state index contributed by atoms with van der Waals surface area (Å²) >= 11 is 3.71. The third kappa shape index (κ3) is 2.29. The molecule has 1 aromatic carbocycles. The zero-order valence-electron chi connectivity index (χ0n) is 12.4. The van der Waals surface area contributed by atoms with E-state index in [-0.39, 0.29) is 0 Å². The molecule has 2 unspecified atom stereocenters. The van der Waals surface area contributed by atoms with Gasteiger partial charge >= 0.3 is 0 Å². The molecule has 1 aromatic rings. The van der Waals surface area contributed by atoms with E-state index in [0.717, 1.165) is 13.0 Å². The lowest BCUT2D eigenvalue weighted by atomic mass is 9.60. The van der Waals surface area contributed by atoms with Crippen molar-refractivity contribution < 1.29 is 4.74 Å². The molecular formula is C17H24BrNO. The minimum Gasteiger partial charge on any atom is -0.381 e. The van der Waals surface area contributed by atoms with Gasteiger partial charge in [0.2, 0.25) is 0 Å². The van der Waals surface area contributed by atoms with Gasteiger partial charge in [-0.3, -0.25) is 0 Å². The van der Waals surface area contributed by atoms with Crippen LogP contribution in [0.5, 0.6) is 0 Å². The van der Waals surface area contributed by atoms with Crippen LogP contribution in [0.1, 0.15) is 44.6 Å². The van der Waals surface area contributed by atoms with E-state index in [1.54, 1.807) is 0 Å². The van der Waals surface area contributed by atoms with Crippen LogP contribution >= 0.6 is 15.9 Å². The highest BCUT2D eigenvalue weighted by atomic mass is 79.9. The predicted octanol–water partition coefficient (Wildman–Crippen LogP) is 4.91. The van der Waals surface area contributed by atoms with Gasteiger partial charge in [-0.05, 0) is 60.7 Å². The Morgan fingerprint density at radius 1 is 1.35 bits per heavy atom. The Labute approximate surface area is 130 Å². The number of benzene rings is 1. The zero-order valence-corrected chi connectivity index (χ0v) is 14.0. The average Bonchev–Trinajstić information content (AvgIpc) is 2.95. The standard InChI is InChI=1S/C17H24BrNO/c1-3-20-15-11-14(17(15)9-4-5-10-17)19-13-8-6-7-12(2)16(13)18/h6-8,14-15,19H,3-5,9-11H2,1-2H3. The van der Waals surface area contributed by atoms with Gasteiger partial charge in [0.1, 0.15) is 0 Å². The number of anilines is 1. The van der Waals surface area contributed by atoms with Crippen molar-refractivity contribution in [2.24, 2.45) is 5.41 Å². The van der Waals surface area contributed by atoms with Gasteiger partial charge in [-0.1, -0.05) is 25.0 Å². The molecule has 0 amide bonds. The van der Waals surface area contributed by atoms with E-state index in [1.807, 2.05) is 0 Å². The molecule has 0 aromatic heterocycles. The first-order chi connectivity index (χ1) is 9.67. The Hall–Kier alpha value is -0.540. The predicted molar refractivity (Wildman–Crippen MR) is 87.2 cm³/mol. The number of hydrogen-bond donors (Lipinski definition) is 1. The average molecular weight is 338 g/mol. The monoisotopic (exact) mass is 337 g/mol. The molecule has 3 heteroatoms. The molecule has 0 saturated heterocycles. The minimum atomic E-state index is 0.388. The molecule has 20 heavy (non-hydrogen) atoms. The summed E-state index contributed by atoms with van der Waals surface area (Å²) in [6.07, 6.45) is 6.97. The molecule has 0 radical (unpaired) electrons. The SMILES string of the molecule is CCOC1CC(Nc2cccc(C)c2Br)C12CCCC2. The van der Waals surface area contributed by atoms with E-state index >= 15 is 0 Å². The summed E-state index contributed by atoms with van der Waals surface area (Å²) in [6, 6.07) is 7.01. The Bertz CT molecular complexity index is 482. The molecule has 3 rings (SSSR count). The van der Waals surface area contributed by atoms with Crippen molar-refractivity contribution in [3.8, 4) is 0 Å². The summed E-state index contributed by atoms with van der Waals surface area (Å²) in [7, 11) is 0. The molecule has 0 aliphatic heterocycles. The highest BCUT2D eigenvalue weighted by Gasteiger charge is 2.56. The number of ether oxygens (including phenoxy) is 1. The molecular weight excluding hydrogens is 314 g/mol. The van der Waals surface area contributed by atoms with Crippen molar-refractivity contribution in [2.75, 3.05) is 11.9 Å². The van der Waals surface area contributed by atoms with Gasteiger partial charge in [0.25, 0.3) is 0 Å². The zero-order chi connectivity index (χ0) is 14.2. The Kier molecular flexibility index (Phi) is 4.09. The second-order valence-electron chi connectivity index (χ2n) is 6.25. The summed E-state index contributed by atoms with van der Waals surface area (Å²) in [5.74, 6) is 0. The molecule has 2 fully saturated rings. The molecule has 110 valence electrons. The first-order valence-corrected chi connectivity index (χ1v) is 8.60. The van der Waals surface area contributed by atoms with Crippen molar-refractivity contribution >= 4 is 21.6 Å². The van der Waals surface area contributed by atoms with Crippen molar-refractivity contribution in [2.45, 2.75) is 58.1 Å². The lowest BCUT2D eigenvalue weighted by molar-refractivity contribution is -0.114. The van der Waals surface area contributed by atoms with Crippen LogP contribution in [0, 0.1) is 12.3 Å². The Balaban J connectivity index is 1.76. The number of hydrogen-bond acceptors (Lipinski definition) is 2. The molecule has 2 saturated carbocycles. The van der Waals surface area contributed by atoms with Gasteiger partial charge in [-0.2, -0.15) is 0 Å². The number of halogens is 1. The minimum absolute atomic E-state index is 0.388. The number of aryl methyl sites for hydroxylation is 1. The normalized spacial score (nSPS) is 27.6. The highest BCUT2D eigenvalue weighted by Crippen LogP contribution is 2.55. The summed E-state index contributed by atoms with van der Waals surface area (Å²) in [6.45, 7) is 5.10. The van der Waals surface area contributed by atoms with Crippen LogP contribution in [0.25, 0.3) is 0 Å². The lowest BCUT2D eigenvalue weighted by Gasteiger charge is -2.54. The van der Waals surface area contributed by atoms with Gasteiger partial charge in [0.05, 0.1) is 6.10 Å². The molecule has 2 aliphatic rings. The Morgan fingerprint density at radius 3 is 2.80 bits per heavy atom. The van der Waals surface area contributed by atoms with Gasteiger partial charge in [-0.15, -0.1) is 0 Å². The van der Waals surface area contributed by atoms with E-state index in [2.05, 4.69) is 53.3 Å². The molecule has 1 spiro atoms. The van der Waals surface area contributed by atoms with Crippen molar-refractivity contribution in [1.82, 2.24) is 0 Å². The first-order valence-electron chi connectivity index (χ1n) is 7.80. The van der Waals surface area contributed by atoms with Gasteiger partial charge < -0.3 is 10.1 Å². The van der Waals surface area contributed by atoms with Crippen LogP contribution in [0.15, 0.2) is 22.7 Å². The van der Waals surface area contributed by atoms with Crippen molar-refractivity contribution in [3.05, 3.63) is 28.2 Å². The molecule has 2 atom stereocenters. The van der Waals surface area contributed by atoms with Crippen LogP contribution in [-0.4, -0.2) is 18.8 Å². The largest absolute Gasteiger partial charge is 0.381 e. The molecule has 1 N–H and O–H groups in total. The molecule has 0 bridgehead atoms. The van der Waals surface area contributed by atoms with Crippen LogP contribution in [-0.2, 0) is 4.74 Å². The van der Waals surface area contributed by atoms with E-state index in [9.17, 15) is 0 Å². The van der Waals surface area contributed by atoms with Crippen molar-refractivity contribution in [1.29, 1.82) is 0 Å². The fourth-order valence-electron chi connectivity index (χ4n) is 4.04. The number of rotatable bonds is 4. The maximum Gasteiger partial charge on any atom is 0.0670 e. The van der Waals surface area contributed by atoms with Crippen LogP contribution < -0.4 is 5.32 Å². The van der Waals surface area contributed by atoms with Gasteiger partial charge in [0, 0.05) is 28.2 Å². The first kappa shape index (κ1) is 14.4. The molecule has 2 nitrogen and oxygen atoms in total. The highest BCUT2D eigenvalue weighted by molar-refractivity contribution is 9.10. The molecule has 0 heterocycles. The third-order valence-corrected chi connectivity index (χ3v) is 6.26. The van der Waals surface area contributed by atoms with Gasteiger partial charge in [0.15, 0.2) is 0 Å². The van der Waals surface area contributed by atoms with E-state index in [4.69, 9.17) is 4.74 Å². The van der Waals surface area contributed by atoms with E-state index in [1.165, 1.54) is 41.4 Å². The maximum atomic E-state index is 5.99. The van der Waals surface area contributed by atoms with Crippen LogP contribution in [0.2, 0.25) is 0 Å². The molecule has 2 aliphatic carbocycles. The fraction of sp³-hybridized carbons (Fsp3) is 0.647. The second-order valence-corrected chi connectivity index (χ2v) is 7.05. The van der Waals surface area contributed by atoms with E-state index < -0.39 is 0 Å². The van der Waals surface area contributed by atoms with Crippen molar-refractivity contribution in [3.63, 3.8) is 0 Å². The Morgan fingerprint density at radius 2 is 2.10 bits per heavy atom. The maximum absolute atomic E-state index is 5.99. The third-order valence-electron chi connectivity index (χ3n) is 5.21. The summed E-state index contributed by atoms with van der Waals surface area (Å²) in [4.78, 5) is 0. The quantitative estimate of drug-likeness (QED) is 0.842. The number of nitrogens with one attached hydrogen (secondary N) is 1. The summed E-state index contributed by atoms with van der Waals surface area (Å²) in [5.41, 5.74) is 2.91. The van der Waals surface area contributed by atoms with Crippen LogP contribution in [0.4, 0.5) is 5.69 Å². The fourth-order valence-corrected chi connectivity index (χ4v) is 4.41. The van der Waals surface area contributed by atoms with Crippen LogP contribution in [0.3, 0.4) is 0 Å². The summed E-state index contributed by atoms with van der Waals surface area (Å²) in [5, 5.41) is 3.78. The van der Waals surface area contributed by atoms with E-state index in [0.29, 0.717) is 17.6 Å². The van der Waals surface area contributed by atoms with Gasteiger partial charge in [-0.25, -0.2) is 0 Å². The summed E-state index contributed by atoms with van der Waals surface area (Å²) < 4.78 is 7.19. The second kappa shape index (κ2) is 5.69.